The SMILES string of the molecule is CCOc1ccc(NS(=O)(=O)c2ccc(OCC(=O)N3c4ccccc4C[C@H]3C)cc2)cc1. The Bertz CT molecular complexity index is 1220. The van der Waals surface area contributed by atoms with Crippen molar-refractivity contribution in [3.63, 3.8) is 0 Å². The second-order valence-electron chi connectivity index (χ2n) is 7.77. The molecule has 0 spiro atoms. The van der Waals surface area contributed by atoms with Crippen LogP contribution in [0, 0.1) is 0 Å². The molecule has 0 saturated heterocycles. The van der Waals surface area contributed by atoms with Crippen molar-refractivity contribution in [3.05, 3.63) is 78.4 Å². The van der Waals surface area contributed by atoms with E-state index in [1.807, 2.05) is 38.1 Å². The fraction of sp³-hybridized carbons (Fsp3) is 0.240. The number of sulfonamides is 1. The van der Waals surface area contributed by atoms with Gasteiger partial charge in [0.15, 0.2) is 6.61 Å². The Labute approximate surface area is 194 Å². The largest absolute Gasteiger partial charge is 0.494 e. The number of carbonyl (C=O) groups excluding carboxylic acids is 1. The van der Waals surface area contributed by atoms with Crippen LogP contribution in [0.2, 0.25) is 0 Å². The third kappa shape index (κ3) is 5.12. The van der Waals surface area contributed by atoms with Crippen molar-refractivity contribution in [2.45, 2.75) is 31.2 Å². The molecule has 1 atom stereocenters. The van der Waals surface area contributed by atoms with Crippen LogP contribution in [0.25, 0.3) is 0 Å². The van der Waals surface area contributed by atoms with E-state index in [1.165, 1.54) is 12.1 Å². The second-order valence-corrected chi connectivity index (χ2v) is 9.45. The minimum absolute atomic E-state index is 0.0692. The van der Waals surface area contributed by atoms with E-state index in [1.54, 1.807) is 41.3 Å². The molecule has 33 heavy (non-hydrogen) atoms. The summed E-state index contributed by atoms with van der Waals surface area (Å²) in [5.74, 6) is 0.952. The van der Waals surface area contributed by atoms with Crippen LogP contribution < -0.4 is 19.1 Å². The van der Waals surface area contributed by atoms with E-state index < -0.39 is 10.0 Å². The number of nitrogens with one attached hydrogen (secondary N) is 1. The van der Waals surface area contributed by atoms with Gasteiger partial charge in [0.25, 0.3) is 15.9 Å². The molecule has 4 rings (SSSR count). The Morgan fingerprint density at radius 2 is 1.61 bits per heavy atom. The molecule has 0 bridgehead atoms. The lowest BCUT2D eigenvalue weighted by Gasteiger charge is -2.22. The Balaban J connectivity index is 1.37. The molecule has 1 aliphatic heterocycles. The minimum Gasteiger partial charge on any atom is -0.494 e. The molecule has 172 valence electrons. The second kappa shape index (κ2) is 9.54. The van der Waals surface area contributed by atoms with Crippen LogP contribution in [-0.4, -0.2) is 33.6 Å². The van der Waals surface area contributed by atoms with Gasteiger partial charge in [-0.15, -0.1) is 0 Å². The van der Waals surface area contributed by atoms with Gasteiger partial charge in [-0.1, -0.05) is 18.2 Å². The molecule has 0 aliphatic carbocycles. The molecule has 0 radical (unpaired) electrons. The third-order valence-electron chi connectivity index (χ3n) is 5.39. The van der Waals surface area contributed by atoms with E-state index >= 15 is 0 Å². The lowest BCUT2D eigenvalue weighted by Crippen LogP contribution is -2.39. The van der Waals surface area contributed by atoms with Gasteiger partial charge < -0.3 is 14.4 Å². The molecular weight excluding hydrogens is 440 g/mol. The van der Waals surface area contributed by atoms with Gasteiger partial charge in [-0.3, -0.25) is 9.52 Å². The summed E-state index contributed by atoms with van der Waals surface area (Å²) < 4.78 is 38.9. The van der Waals surface area contributed by atoms with E-state index in [2.05, 4.69) is 4.72 Å². The third-order valence-corrected chi connectivity index (χ3v) is 6.79. The number of anilines is 2. The fourth-order valence-corrected chi connectivity index (χ4v) is 4.93. The summed E-state index contributed by atoms with van der Waals surface area (Å²) in [5, 5.41) is 0. The highest BCUT2D eigenvalue weighted by Gasteiger charge is 2.30. The summed E-state index contributed by atoms with van der Waals surface area (Å²) in [4.78, 5) is 14.6. The minimum atomic E-state index is -3.76. The maximum absolute atomic E-state index is 12.8. The first-order chi connectivity index (χ1) is 15.9. The van der Waals surface area contributed by atoms with Gasteiger partial charge in [0.2, 0.25) is 0 Å². The summed E-state index contributed by atoms with van der Waals surface area (Å²) in [5.41, 5.74) is 2.50. The van der Waals surface area contributed by atoms with Gasteiger partial charge in [0.1, 0.15) is 11.5 Å². The predicted molar refractivity (Wildman–Crippen MR) is 127 cm³/mol. The summed E-state index contributed by atoms with van der Waals surface area (Å²) >= 11 is 0. The van der Waals surface area contributed by atoms with Crippen molar-refractivity contribution in [1.29, 1.82) is 0 Å². The van der Waals surface area contributed by atoms with Crippen LogP contribution in [0.3, 0.4) is 0 Å². The Morgan fingerprint density at radius 1 is 0.970 bits per heavy atom. The lowest BCUT2D eigenvalue weighted by molar-refractivity contribution is -0.120. The standard InChI is InChI=1S/C25H26N2O5S/c1-3-31-21-10-8-20(9-11-21)26-33(29,30)23-14-12-22(13-15-23)32-17-25(28)27-18(2)16-19-6-4-5-7-24(19)27/h4-15,18,26H,3,16-17H2,1-2H3/t18-/m1/s1. The predicted octanol–water partition coefficient (Wildman–Crippen LogP) is 4.24. The average Bonchev–Trinajstić information content (AvgIpc) is 3.15. The van der Waals surface area contributed by atoms with Crippen LogP contribution >= 0.6 is 0 Å². The van der Waals surface area contributed by atoms with Crippen molar-refractivity contribution in [2.75, 3.05) is 22.8 Å². The molecule has 0 saturated carbocycles. The number of amides is 1. The molecule has 0 fully saturated rings. The van der Waals surface area contributed by atoms with Gasteiger partial charge in [-0.2, -0.15) is 0 Å². The van der Waals surface area contributed by atoms with Gasteiger partial charge in [0, 0.05) is 17.4 Å². The van der Waals surface area contributed by atoms with E-state index in [9.17, 15) is 13.2 Å². The Morgan fingerprint density at radius 3 is 2.30 bits per heavy atom. The number of benzene rings is 3. The highest BCUT2D eigenvalue weighted by atomic mass is 32.2. The van der Waals surface area contributed by atoms with Gasteiger partial charge in [-0.05, 0) is 80.4 Å². The summed E-state index contributed by atoms with van der Waals surface area (Å²) in [6.07, 6.45) is 0.815. The summed E-state index contributed by atoms with van der Waals surface area (Å²) in [6, 6.07) is 20.6. The van der Waals surface area contributed by atoms with Crippen molar-refractivity contribution >= 4 is 27.3 Å². The van der Waals surface area contributed by atoms with Crippen LogP contribution in [0.1, 0.15) is 19.4 Å². The van der Waals surface area contributed by atoms with Crippen LogP contribution in [0.5, 0.6) is 11.5 Å². The van der Waals surface area contributed by atoms with Crippen LogP contribution in [0.4, 0.5) is 11.4 Å². The topological polar surface area (TPSA) is 84.9 Å². The maximum atomic E-state index is 12.8. The average molecular weight is 467 g/mol. The number of hydrogen-bond donors (Lipinski definition) is 1. The molecule has 8 heteroatoms. The van der Waals surface area contributed by atoms with E-state index in [4.69, 9.17) is 9.47 Å². The number of para-hydroxylation sites is 1. The summed E-state index contributed by atoms with van der Waals surface area (Å²) in [7, 11) is -3.76. The molecule has 3 aromatic carbocycles. The molecule has 7 nitrogen and oxygen atoms in total. The van der Waals surface area contributed by atoms with Crippen molar-refractivity contribution in [3.8, 4) is 11.5 Å². The zero-order valence-electron chi connectivity index (χ0n) is 18.5. The smallest absolute Gasteiger partial charge is 0.265 e. The van der Waals surface area contributed by atoms with Gasteiger partial charge in [0.05, 0.1) is 11.5 Å². The first kappa shape index (κ1) is 22.7. The zero-order valence-corrected chi connectivity index (χ0v) is 19.3. The molecule has 1 N–H and O–H groups in total. The number of ether oxygens (including phenoxy) is 2. The number of nitrogens with zero attached hydrogens (tertiary/aromatic N) is 1. The molecule has 1 heterocycles. The molecule has 1 amide bonds. The molecule has 3 aromatic rings. The normalized spacial score (nSPS) is 15.1. The van der Waals surface area contributed by atoms with Crippen LogP contribution in [-0.2, 0) is 21.2 Å². The number of rotatable bonds is 8. The monoisotopic (exact) mass is 466 g/mol. The first-order valence-electron chi connectivity index (χ1n) is 10.8. The van der Waals surface area contributed by atoms with Gasteiger partial charge in [-0.25, -0.2) is 8.42 Å². The summed E-state index contributed by atoms with van der Waals surface area (Å²) in [6.45, 7) is 4.30. The maximum Gasteiger partial charge on any atom is 0.265 e. The van der Waals surface area contributed by atoms with E-state index in [-0.39, 0.29) is 23.5 Å². The number of carbonyl (C=O) groups is 1. The fourth-order valence-electron chi connectivity index (χ4n) is 3.88. The molecule has 1 aliphatic rings. The van der Waals surface area contributed by atoms with Crippen molar-refractivity contribution in [2.24, 2.45) is 0 Å². The molecular formula is C25H26N2O5S. The van der Waals surface area contributed by atoms with Crippen molar-refractivity contribution < 1.29 is 22.7 Å². The zero-order chi connectivity index (χ0) is 23.4. The molecule has 0 unspecified atom stereocenters. The van der Waals surface area contributed by atoms with E-state index in [0.717, 1.165) is 17.7 Å². The van der Waals surface area contributed by atoms with E-state index in [0.29, 0.717) is 23.8 Å². The highest BCUT2D eigenvalue weighted by molar-refractivity contribution is 7.92. The van der Waals surface area contributed by atoms with Gasteiger partial charge >= 0.3 is 0 Å². The Hall–Kier alpha value is -3.52. The van der Waals surface area contributed by atoms with Crippen molar-refractivity contribution in [1.82, 2.24) is 0 Å². The number of fused-ring (bicyclic) bond motifs is 1. The first-order valence-corrected chi connectivity index (χ1v) is 12.2. The quantitative estimate of drug-likeness (QED) is 0.537. The Kier molecular flexibility index (Phi) is 6.55. The van der Waals surface area contributed by atoms with Crippen LogP contribution in [0.15, 0.2) is 77.7 Å². The number of hydrogen-bond acceptors (Lipinski definition) is 5. The molecule has 0 aromatic heterocycles. The lowest BCUT2D eigenvalue weighted by atomic mass is 10.1. The highest BCUT2D eigenvalue weighted by Crippen LogP contribution is 2.32.